The Morgan fingerprint density at radius 3 is 1.12 bits per heavy atom. The number of rotatable bonds is 16. The third kappa shape index (κ3) is 14.4. The second-order valence-corrected chi connectivity index (χ2v) is 16.7. The molecule has 0 aliphatic heterocycles. The largest absolute Gasteiger partial charge is 0.466 e. The lowest BCUT2D eigenvalue weighted by Gasteiger charge is -2.23. The lowest BCUT2D eigenvalue weighted by Crippen LogP contribution is -2.38. The van der Waals surface area contributed by atoms with Gasteiger partial charge < -0.3 is 42.1 Å². The number of esters is 6. The topological polar surface area (TPSA) is 173 Å². The molecule has 0 aliphatic rings. The maximum absolute atomic E-state index is 12.5. The highest BCUT2D eigenvalue weighted by atomic mass is 16.6. The van der Waals surface area contributed by atoms with Gasteiger partial charge in [0.25, 0.3) is 0 Å². The molecule has 6 aromatic rings. The summed E-state index contributed by atoms with van der Waals surface area (Å²) in [5, 5.41) is 0. The molecule has 0 bridgehead atoms. The van der Waals surface area contributed by atoms with Crippen LogP contribution in [0.5, 0.6) is 0 Å². The Hall–Kier alpha value is -7.68. The number of hydrogen-bond donors (Lipinski definition) is 0. The highest BCUT2D eigenvalue weighted by molar-refractivity contribution is 5.92. The fraction of sp³-hybridized carbons (Fsp3) is 0.333. The average Bonchev–Trinajstić information content (AvgIpc) is 4.18. The van der Waals surface area contributed by atoms with Gasteiger partial charge in [0.15, 0.2) is 6.10 Å². The number of aromatic nitrogens is 3. The Balaban J connectivity index is 0.000000226. The molecule has 0 saturated heterocycles. The van der Waals surface area contributed by atoms with E-state index < -0.39 is 53.6 Å². The summed E-state index contributed by atoms with van der Waals surface area (Å²) in [6.45, 7) is 14.1. The van der Waals surface area contributed by atoms with E-state index in [0.29, 0.717) is 17.1 Å². The van der Waals surface area contributed by atoms with Gasteiger partial charge in [-0.05, 0) is 94.6 Å². The summed E-state index contributed by atoms with van der Waals surface area (Å²) in [5.41, 5.74) is 3.08. The van der Waals surface area contributed by atoms with Crippen LogP contribution in [0.25, 0.3) is 0 Å². The summed E-state index contributed by atoms with van der Waals surface area (Å²) < 4.78 is 35.3. The molecule has 6 rings (SSSR count). The molecule has 69 heavy (non-hydrogen) atoms. The fourth-order valence-electron chi connectivity index (χ4n) is 7.14. The molecule has 15 nitrogen and oxygen atoms in total. The smallest absolute Gasteiger partial charge is 0.356 e. The number of nitrogens with zero attached hydrogens (tertiary/aromatic N) is 3. The zero-order valence-electron chi connectivity index (χ0n) is 41.1. The number of ether oxygens (including phenoxy) is 6. The second-order valence-electron chi connectivity index (χ2n) is 16.7. The van der Waals surface area contributed by atoms with Crippen molar-refractivity contribution in [2.24, 2.45) is 5.92 Å². The van der Waals surface area contributed by atoms with Crippen LogP contribution < -0.4 is 0 Å². The lowest BCUT2D eigenvalue weighted by molar-refractivity contribution is -0.159. The van der Waals surface area contributed by atoms with Crippen molar-refractivity contribution in [3.8, 4) is 0 Å². The quantitative estimate of drug-likeness (QED) is 0.0666. The van der Waals surface area contributed by atoms with Crippen molar-refractivity contribution in [3.05, 3.63) is 180 Å². The van der Waals surface area contributed by atoms with Gasteiger partial charge in [-0.15, -0.1) is 0 Å². The Kier molecular flexibility index (Phi) is 19.9. The number of carbonyl (C=O) groups excluding carboxylic acids is 6. The fourth-order valence-corrected chi connectivity index (χ4v) is 7.14. The van der Waals surface area contributed by atoms with Gasteiger partial charge in [-0.25, -0.2) is 28.8 Å². The van der Waals surface area contributed by atoms with Crippen molar-refractivity contribution < 1.29 is 57.2 Å². The second kappa shape index (κ2) is 25.5. The molecule has 3 aromatic heterocycles. The highest BCUT2D eigenvalue weighted by Gasteiger charge is 2.35. The summed E-state index contributed by atoms with van der Waals surface area (Å²) in [4.78, 5) is 72.1. The minimum absolute atomic E-state index is 0.0211. The van der Waals surface area contributed by atoms with Gasteiger partial charge in [0.1, 0.15) is 17.1 Å². The Morgan fingerprint density at radius 2 is 0.783 bits per heavy atom. The molecule has 366 valence electrons. The minimum Gasteiger partial charge on any atom is -0.466 e. The maximum Gasteiger partial charge on any atom is 0.356 e. The van der Waals surface area contributed by atoms with Crippen LogP contribution in [0, 0.1) is 5.92 Å². The molecule has 3 aromatic carbocycles. The molecule has 0 N–H and O–H groups in total. The van der Waals surface area contributed by atoms with Gasteiger partial charge in [0.05, 0.1) is 39.5 Å². The van der Waals surface area contributed by atoms with E-state index >= 15 is 0 Å². The Bertz CT molecular complexity index is 2600. The van der Waals surface area contributed by atoms with E-state index in [1.165, 1.54) is 42.1 Å². The first-order valence-electron chi connectivity index (χ1n) is 22.4. The summed E-state index contributed by atoms with van der Waals surface area (Å²) in [7, 11) is 3.80. The van der Waals surface area contributed by atoms with E-state index in [4.69, 9.17) is 18.9 Å². The molecule has 0 fully saturated rings. The van der Waals surface area contributed by atoms with Gasteiger partial charge in [0.2, 0.25) is 11.7 Å². The van der Waals surface area contributed by atoms with Gasteiger partial charge in [-0.2, -0.15) is 0 Å². The summed E-state index contributed by atoms with van der Waals surface area (Å²) in [6.07, 6.45) is 3.61. The molecule has 0 radical (unpaired) electrons. The molecule has 0 amide bonds. The molecule has 4 unspecified atom stereocenters. The van der Waals surface area contributed by atoms with Crippen molar-refractivity contribution >= 4 is 35.8 Å². The molecular weight excluding hydrogens is 883 g/mol. The van der Waals surface area contributed by atoms with Crippen molar-refractivity contribution in [3.63, 3.8) is 0 Å². The average molecular weight is 946 g/mol. The van der Waals surface area contributed by atoms with E-state index in [1.54, 1.807) is 50.2 Å². The molecule has 0 spiro atoms. The summed E-state index contributed by atoms with van der Waals surface area (Å²) >= 11 is 0. The molecule has 5 atom stereocenters. The predicted octanol–water partition coefficient (Wildman–Crippen LogP) is 9.47. The Morgan fingerprint density at radius 1 is 0.435 bits per heavy atom. The minimum atomic E-state index is -1.34. The van der Waals surface area contributed by atoms with Crippen molar-refractivity contribution in [1.82, 2.24) is 13.7 Å². The van der Waals surface area contributed by atoms with Crippen molar-refractivity contribution in [2.45, 2.75) is 91.3 Å². The molecule has 0 saturated carbocycles. The first-order chi connectivity index (χ1) is 32.9. The Labute approximate surface area is 403 Å². The molecule has 15 heteroatoms. The van der Waals surface area contributed by atoms with E-state index in [9.17, 15) is 28.8 Å². The normalized spacial score (nSPS) is 13.0. The van der Waals surface area contributed by atoms with Crippen LogP contribution in [0.1, 0.15) is 122 Å². The van der Waals surface area contributed by atoms with Crippen LogP contribution in [0.15, 0.2) is 146 Å². The number of benzene rings is 3. The maximum atomic E-state index is 12.5. The SMILES string of the molecule is COC(=O)C(C)(C)OC(=O)c1cccn1C(C)c1ccccc1.COC(=O)C(OC(=O)c1cccn1C(C)c1ccccc1)C(C)C.COC(=O)[C@@H](C)OC(=O)c1cccn1C(C)c1ccccc1. The number of carbonyl (C=O) groups is 6. The third-order valence-corrected chi connectivity index (χ3v) is 11.2. The van der Waals surface area contributed by atoms with Crippen LogP contribution >= 0.6 is 0 Å². The summed E-state index contributed by atoms with van der Waals surface area (Å²) in [5.74, 6) is -3.54. The van der Waals surface area contributed by atoms with Gasteiger partial charge in [0, 0.05) is 24.5 Å². The molecule has 0 aliphatic carbocycles. The molecular formula is C54H63N3O12. The highest BCUT2D eigenvalue weighted by Crippen LogP contribution is 2.25. The first kappa shape index (κ1) is 53.9. The van der Waals surface area contributed by atoms with Crippen LogP contribution in [-0.4, -0.2) is 88.7 Å². The number of methoxy groups -OCH3 is 3. The number of hydrogen-bond acceptors (Lipinski definition) is 12. The van der Waals surface area contributed by atoms with Crippen molar-refractivity contribution in [2.75, 3.05) is 21.3 Å². The monoisotopic (exact) mass is 945 g/mol. The standard InChI is InChI=1S/C19H23NO4.C18H21NO4.C17H19NO4/c1-13(2)17(19(22)23-4)24-18(21)16-11-8-12-20(16)14(3)15-9-6-5-7-10-15;1-13(14-9-6-5-7-10-14)19-12-8-11-15(19)16(20)23-18(2,3)17(21)22-4;1-12(14-8-5-4-6-9-14)18-11-7-10-15(18)17(20)22-13(2)16(19)21-3/h5-14,17H,1-4H3;5-13H,1-4H3;4-13H,1-3H3/t;;12?,13-/m..1/s1. The van der Waals surface area contributed by atoms with E-state index in [1.807, 2.05) is 144 Å². The van der Waals surface area contributed by atoms with Gasteiger partial charge in [-0.3, -0.25) is 0 Å². The zero-order chi connectivity index (χ0) is 50.8. The zero-order valence-corrected chi connectivity index (χ0v) is 41.1. The van der Waals surface area contributed by atoms with Crippen LogP contribution in [-0.2, 0) is 42.8 Å². The first-order valence-corrected chi connectivity index (χ1v) is 22.4. The van der Waals surface area contributed by atoms with E-state index in [0.717, 1.165) is 16.7 Å². The van der Waals surface area contributed by atoms with E-state index in [2.05, 4.69) is 9.47 Å². The third-order valence-electron chi connectivity index (χ3n) is 11.2. The van der Waals surface area contributed by atoms with Gasteiger partial charge in [-0.1, -0.05) is 105 Å². The van der Waals surface area contributed by atoms with Crippen LogP contribution in [0.3, 0.4) is 0 Å². The van der Waals surface area contributed by atoms with Crippen molar-refractivity contribution in [1.29, 1.82) is 0 Å². The lowest BCUT2D eigenvalue weighted by atomic mass is 10.1. The van der Waals surface area contributed by atoms with E-state index in [-0.39, 0.29) is 24.0 Å². The van der Waals surface area contributed by atoms with Crippen LogP contribution in [0.4, 0.5) is 0 Å². The predicted molar refractivity (Wildman–Crippen MR) is 259 cm³/mol. The van der Waals surface area contributed by atoms with Crippen LogP contribution in [0.2, 0.25) is 0 Å². The molecule has 3 heterocycles. The summed E-state index contributed by atoms with van der Waals surface area (Å²) in [6, 6.07) is 39.9. The van der Waals surface area contributed by atoms with Gasteiger partial charge >= 0.3 is 35.8 Å².